The van der Waals surface area contributed by atoms with Crippen molar-refractivity contribution in [1.82, 2.24) is 0 Å². The molecule has 1 N–H and O–H groups in total. The van der Waals surface area contributed by atoms with Crippen molar-refractivity contribution in [3.8, 4) is 0 Å². The van der Waals surface area contributed by atoms with Gasteiger partial charge in [0.25, 0.3) is 0 Å². The topological polar surface area (TPSA) is 46.5 Å². The van der Waals surface area contributed by atoms with Gasteiger partial charge in [0.2, 0.25) is 0 Å². The standard InChI is InChI=1S/C14H22O3/c1-11(10-15)6-5-8-14(4)9-7-12(17-14)13(2,3)16/h5-6,8,10,12,16H,7,9H2,1-4H3/b8-5+,11-6?/t12-,14-/m1/s1. The van der Waals surface area contributed by atoms with E-state index in [2.05, 4.69) is 0 Å². The molecule has 3 nitrogen and oxygen atoms in total. The zero-order chi connectivity index (χ0) is 13.1. The fourth-order valence-corrected chi connectivity index (χ4v) is 1.92. The lowest BCUT2D eigenvalue weighted by Crippen LogP contribution is -2.37. The van der Waals surface area contributed by atoms with Gasteiger partial charge in [-0.25, -0.2) is 0 Å². The molecule has 0 saturated carbocycles. The molecule has 1 fully saturated rings. The van der Waals surface area contributed by atoms with Crippen LogP contribution in [0.2, 0.25) is 0 Å². The van der Waals surface area contributed by atoms with Gasteiger partial charge in [-0.15, -0.1) is 0 Å². The minimum Gasteiger partial charge on any atom is -0.388 e. The summed E-state index contributed by atoms with van der Waals surface area (Å²) in [7, 11) is 0. The maximum absolute atomic E-state index is 10.4. The Morgan fingerprint density at radius 1 is 1.53 bits per heavy atom. The first-order valence-electron chi connectivity index (χ1n) is 5.98. The number of aldehydes is 1. The van der Waals surface area contributed by atoms with E-state index in [1.807, 2.05) is 19.1 Å². The van der Waals surface area contributed by atoms with Gasteiger partial charge in [0.15, 0.2) is 0 Å². The van der Waals surface area contributed by atoms with Crippen LogP contribution in [0.15, 0.2) is 23.8 Å². The van der Waals surface area contributed by atoms with Crippen LogP contribution in [0, 0.1) is 0 Å². The van der Waals surface area contributed by atoms with E-state index in [4.69, 9.17) is 4.74 Å². The molecule has 1 heterocycles. The van der Waals surface area contributed by atoms with Crippen molar-refractivity contribution in [3.05, 3.63) is 23.8 Å². The van der Waals surface area contributed by atoms with Gasteiger partial charge in [-0.2, -0.15) is 0 Å². The Kier molecular flexibility index (Phi) is 4.28. The number of hydrogen-bond donors (Lipinski definition) is 1. The lowest BCUT2D eigenvalue weighted by molar-refractivity contribution is -0.104. The Hall–Kier alpha value is -0.930. The lowest BCUT2D eigenvalue weighted by atomic mass is 9.96. The van der Waals surface area contributed by atoms with Crippen LogP contribution in [0.25, 0.3) is 0 Å². The van der Waals surface area contributed by atoms with E-state index in [0.717, 1.165) is 19.1 Å². The van der Waals surface area contributed by atoms with E-state index in [9.17, 15) is 9.90 Å². The van der Waals surface area contributed by atoms with Crippen molar-refractivity contribution < 1.29 is 14.6 Å². The van der Waals surface area contributed by atoms with Crippen molar-refractivity contribution in [3.63, 3.8) is 0 Å². The van der Waals surface area contributed by atoms with Crippen LogP contribution in [0.3, 0.4) is 0 Å². The average Bonchev–Trinajstić information content (AvgIpc) is 2.60. The molecule has 1 saturated heterocycles. The Bertz CT molecular complexity index is 336. The first-order chi connectivity index (χ1) is 7.77. The molecule has 96 valence electrons. The van der Waals surface area contributed by atoms with Crippen molar-refractivity contribution in [2.45, 2.75) is 57.8 Å². The maximum Gasteiger partial charge on any atom is 0.145 e. The minimum absolute atomic E-state index is 0.131. The third kappa shape index (κ3) is 4.10. The number of ether oxygens (including phenoxy) is 1. The van der Waals surface area contributed by atoms with Gasteiger partial charge < -0.3 is 9.84 Å². The van der Waals surface area contributed by atoms with Gasteiger partial charge in [-0.1, -0.05) is 18.2 Å². The van der Waals surface area contributed by atoms with Gasteiger partial charge in [0.1, 0.15) is 6.29 Å². The Morgan fingerprint density at radius 3 is 2.65 bits per heavy atom. The molecule has 0 aliphatic carbocycles. The molecule has 2 atom stereocenters. The third-order valence-electron chi connectivity index (χ3n) is 3.10. The number of allylic oxidation sites excluding steroid dienone is 3. The Morgan fingerprint density at radius 2 is 2.18 bits per heavy atom. The van der Waals surface area contributed by atoms with Crippen LogP contribution in [0.1, 0.15) is 40.5 Å². The molecule has 0 amide bonds. The van der Waals surface area contributed by atoms with Crippen LogP contribution in [-0.4, -0.2) is 28.7 Å². The van der Waals surface area contributed by atoms with E-state index < -0.39 is 5.60 Å². The highest BCUT2D eigenvalue weighted by Crippen LogP contribution is 2.35. The Labute approximate surface area is 103 Å². The number of aliphatic hydroxyl groups is 1. The number of carbonyl (C=O) groups excluding carboxylic acids is 1. The number of hydrogen-bond acceptors (Lipinski definition) is 3. The predicted octanol–water partition coefficient (Wildman–Crippen LogP) is 2.40. The monoisotopic (exact) mass is 238 g/mol. The normalized spacial score (nSPS) is 31.1. The summed E-state index contributed by atoms with van der Waals surface area (Å²) in [5, 5.41) is 9.89. The van der Waals surface area contributed by atoms with Crippen LogP contribution < -0.4 is 0 Å². The molecular formula is C14H22O3. The second-order valence-corrected chi connectivity index (χ2v) is 5.50. The molecular weight excluding hydrogens is 216 g/mol. The highest BCUT2D eigenvalue weighted by Gasteiger charge is 2.40. The summed E-state index contributed by atoms with van der Waals surface area (Å²) in [5.74, 6) is 0. The molecule has 1 aliphatic rings. The van der Waals surface area contributed by atoms with E-state index in [0.29, 0.717) is 5.57 Å². The molecule has 1 aliphatic heterocycles. The quantitative estimate of drug-likeness (QED) is 0.465. The average molecular weight is 238 g/mol. The molecule has 0 aromatic heterocycles. The highest BCUT2D eigenvalue weighted by atomic mass is 16.5. The zero-order valence-corrected chi connectivity index (χ0v) is 11.1. The molecule has 0 spiro atoms. The molecule has 17 heavy (non-hydrogen) atoms. The van der Waals surface area contributed by atoms with E-state index >= 15 is 0 Å². The summed E-state index contributed by atoms with van der Waals surface area (Å²) in [4.78, 5) is 10.4. The zero-order valence-electron chi connectivity index (χ0n) is 11.1. The summed E-state index contributed by atoms with van der Waals surface area (Å²) in [5.41, 5.74) is -0.466. The second kappa shape index (κ2) is 5.15. The molecule has 0 radical (unpaired) electrons. The Balaban J connectivity index is 2.64. The van der Waals surface area contributed by atoms with E-state index in [-0.39, 0.29) is 11.7 Å². The molecule has 0 bridgehead atoms. The van der Waals surface area contributed by atoms with E-state index in [1.165, 1.54) is 0 Å². The SMILES string of the molecule is CC(C=O)=C/C=C/[C@]1(C)CC[C@H](C(C)(C)O)O1. The van der Waals surface area contributed by atoms with Gasteiger partial charge in [-0.05, 0) is 46.1 Å². The smallest absolute Gasteiger partial charge is 0.145 e. The minimum atomic E-state index is -0.805. The summed E-state index contributed by atoms with van der Waals surface area (Å²) < 4.78 is 5.87. The fourth-order valence-electron chi connectivity index (χ4n) is 1.92. The first kappa shape index (κ1) is 14.1. The predicted molar refractivity (Wildman–Crippen MR) is 67.8 cm³/mol. The van der Waals surface area contributed by atoms with Crippen molar-refractivity contribution in [2.24, 2.45) is 0 Å². The van der Waals surface area contributed by atoms with Crippen molar-refractivity contribution >= 4 is 6.29 Å². The van der Waals surface area contributed by atoms with Gasteiger partial charge in [-0.3, -0.25) is 4.79 Å². The summed E-state index contributed by atoms with van der Waals surface area (Å²) >= 11 is 0. The van der Waals surface area contributed by atoms with Crippen LogP contribution in [-0.2, 0) is 9.53 Å². The van der Waals surface area contributed by atoms with Gasteiger partial charge >= 0.3 is 0 Å². The van der Waals surface area contributed by atoms with Crippen LogP contribution >= 0.6 is 0 Å². The molecule has 0 unspecified atom stereocenters. The van der Waals surface area contributed by atoms with Crippen LogP contribution in [0.5, 0.6) is 0 Å². The fraction of sp³-hybridized carbons (Fsp3) is 0.643. The maximum atomic E-state index is 10.4. The van der Waals surface area contributed by atoms with E-state index in [1.54, 1.807) is 26.8 Å². The molecule has 3 heteroatoms. The third-order valence-corrected chi connectivity index (χ3v) is 3.10. The van der Waals surface area contributed by atoms with Crippen molar-refractivity contribution in [2.75, 3.05) is 0 Å². The van der Waals surface area contributed by atoms with Crippen molar-refractivity contribution in [1.29, 1.82) is 0 Å². The molecule has 0 aromatic carbocycles. The molecule has 1 rings (SSSR count). The summed E-state index contributed by atoms with van der Waals surface area (Å²) in [6, 6.07) is 0. The second-order valence-electron chi connectivity index (χ2n) is 5.50. The van der Waals surface area contributed by atoms with Crippen LogP contribution in [0.4, 0.5) is 0 Å². The highest BCUT2D eigenvalue weighted by molar-refractivity contribution is 5.72. The molecule has 0 aromatic rings. The first-order valence-corrected chi connectivity index (χ1v) is 5.98. The van der Waals surface area contributed by atoms with Gasteiger partial charge in [0, 0.05) is 0 Å². The lowest BCUT2D eigenvalue weighted by Gasteiger charge is -2.28. The number of carbonyl (C=O) groups is 1. The number of rotatable bonds is 4. The summed E-state index contributed by atoms with van der Waals surface area (Å²) in [6.07, 6.45) is 7.98. The largest absolute Gasteiger partial charge is 0.388 e. The summed E-state index contributed by atoms with van der Waals surface area (Å²) in [6.45, 7) is 7.29. The van der Waals surface area contributed by atoms with Gasteiger partial charge in [0.05, 0.1) is 17.3 Å².